The molecule has 0 aromatic heterocycles. The fourth-order valence-corrected chi connectivity index (χ4v) is 3.27. The normalized spacial score (nSPS) is 20.0. The van der Waals surface area contributed by atoms with Crippen molar-refractivity contribution in [1.29, 1.82) is 0 Å². The van der Waals surface area contributed by atoms with Crippen molar-refractivity contribution in [1.82, 2.24) is 15.1 Å². The van der Waals surface area contributed by atoms with Crippen LogP contribution in [0.25, 0.3) is 0 Å². The van der Waals surface area contributed by atoms with Gasteiger partial charge in [0.05, 0.1) is 31.0 Å². The lowest BCUT2D eigenvalue weighted by Crippen LogP contribution is -2.45. The molecule has 134 valence electrons. The van der Waals surface area contributed by atoms with Crippen LogP contribution in [0, 0.1) is 0 Å². The van der Waals surface area contributed by atoms with Gasteiger partial charge in [-0.05, 0) is 24.1 Å². The Morgan fingerprint density at radius 1 is 1.28 bits per heavy atom. The van der Waals surface area contributed by atoms with Gasteiger partial charge in [-0.25, -0.2) is 4.79 Å². The lowest BCUT2D eigenvalue weighted by atomic mass is 9.95. The number of hydrogen-bond donors (Lipinski definition) is 1. The summed E-state index contributed by atoms with van der Waals surface area (Å²) in [5.74, 6) is 0.654. The van der Waals surface area contributed by atoms with Crippen molar-refractivity contribution >= 4 is 11.9 Å². The number of nitrogens with zero attached hydrogens (tertiary/aromatic N) is 2. The molecule has 2 heterocycles. The molecule has 0 saturated heterocycles. The number of carbonyl (C=O) groups is 2. The van der Waals surface area contributed by atoms with Crippen LogP contribution >= 0.6 is 0 Å². The Balaban J connectivity index is 1.91. The zero-order chi connectivity index (χ0) is 18.0. The summed E-state index contributed by atoms with van der Waals surface area (Å²) in [5, 5.41) is 2.92. The molecule has 2 aliphatic rings. The van der Waals surface area contributed by atoms with E-state index >= 15 is 0 Å². The van der Waals surface area contributed by atoms with Crippen LogP contribution in [0.1, 0.15) is 18.0 Å². The molecule has 7 heteroatoms. The zero-order valence-corrected chi connectivity index (χ0v) is 14.7. The van der Waals surface area contributed by atoms with Crippen LogP contribution < -0.4 is 10.1 Å². The highest BCUT2D eigenvalue weighted by molar-refractivity contribution is 6.01. The monoisotopic (exact) mass is 345 g/mol. The topological polar surface area (TPSA) is 71.1 Å². The maximum atomic E-state index is 12.9. The van der Waals surface area contributed by atoms with Gasteiger partial charge in [-0.2, -0.15) is 0 Å². The minimum atomic E-state index is -0.464. The van der Waals surface area contributed by atoms with Crippen LogP contribution in [0.5, 0.6) is 5.75 Å². The predicted octanol–water partition coefficient (Wildman–Crippen LogP) is 1.52. The third-order valence-corrected chi connectivity index (χ3v) is 4.64. The minimum absolute atomic E-state index is 0.0363. The standard InChI is InChI=1S/C18H23N3O4/c1-20-14-11-21(8-5-9-24-2)17(22)15(14)16(19-18(20)23)12-6-4-7-13(10-12)25-3/h4,6-7,10,16H,5,8-9,11H2,1-3H3,(H,19,23)/t16-/m0/s1. The van der Waals surface area contributed by atoms with Gasteiger partial charge in [0.2, 0.25) is 0 Å². The first-order valence-electron chi connectivity index (χ1n) is 8.26. The zero-order valence-electron chi connectivity index (χ0n) is 14.7. The summed E-state index contributed by atoms with van der Waals surface area (Å²) < 4.78 is 10.3. The Labute approximate surface area is 147 Å². The number of urea groups is 1. The molecule has 1 atom stereocenters. The lowest BCUT2D eigenvalue weighted by Gasteiger charge is -2.31. The van der Waals surface area contributed by atoms with E-state index in [4.69, 9.17) is 9.47 Å². The van der Waals surface area contributed by atoms with Crippen molar-refractivity contribution in [3.05, 3.63) is 41.1 Å². The molecule has 3 rings (SSSR count). The molecule has 7 nitrogen and oxygen atoms in total. The molecular weight excluding hydrogens is 322 g/mol. The molecule has 0 unspecified atom stereocenters. The number of methoxy groups -OCH3 is 2. The van der Waals surface area contributed by atoms with Gasteiger partial charge in [-0.3, -0.25) is 9.69 Å². The van der Waals surface area contributed by atoms with E-state index in [9.17, 15) is 9.59 Å². The molecule has 25 heavy (non-hydrogen) atoms. The number of amides is 3. The first kappa shape index (κ1) is 17.3. The van der Waals surface area contributed by atoms with Gasteiger partial charge in [0, 0.05) is 27.3 Å². The van der Waals surface area contributed by atoms with Crippen LogP contribution in [-0.2, 0) is 9.53 Å². The highest BCUT2D eigenvalue weighted by atomic mass is 16.5. The number of hydrogen-bond acceptors (Lipinski definition) is 4. The summed E-state index contributed by atoms with van der Waals surface area (Å²) in [6, 6.07) is 6.76. The van der Waals surface area contributed by atoms with E-state index < -0.39 is 6.04 Å². The van der Waals surface area contributed by atoms with Gasteiger partial charge in [0.25, 0.3) is 5.91 Å². The van der Waals surface area contributed by atoms with Gasteiger partial charge in [0.1, 0.15) is 5.75 Å². The third kappa shape index (κ3) is 3.19. The second kappa shape index (κ2) is 7.14. The van der Waals surface area contributed by atoms with E-state index in [1.807, 2.05) is 24.3 Å². The molecule has 2 aliphatic heterocycles. The van der Waals surface area contributed by atoms with Gasteiger partial charge in [0.15, 0.2) is 0 Å². The smallest absolute Gasteiger partial charge is 0.322 e. The number of rotatable bonds is 6. The van der Waals surface area contributed by atoms with Gasteiger partial charge in [-0.15, -0.1) is 0 Å². The first-order chi connectivity index (χ1) is 12.1. The largest absolute Gasteiger partial charge is 0.497 e. The van der Waals surface area contributed by atoms with Gasteiger partial charge in [-0.1, -0.05) is 12.1 Å². The van der Waals surface area contributed by atoms with Crippen molar-refractivity contribution in [2.75, 3.05) is 41.0 Å². The minimum Gasteiger partial charge on any atom is -0.497 e. The molecule has 0 bridgehead atoms. The molecule has 0 saturated carbocycles. The lowest BCUT2D eigenvalue weighted by molar-refractivity contribution is -0.125. The predicted molar refractivity (Wildman–Crippen MR) is 92.1 cm³/mol. The van der Waals surface area contributed by atoms with Crippen molar-refractivity contribution in [2.24, 2.45) is 0 Å². The Kier molecular flexibility index (Phi) is 4.94. The average Bonchev–Trinajstić information content (AvgIpc) is 2.95. The second-order valence-corrected chi connectivity index (χ2v) is 6.15. The number of ether oxygens (including phenoxy) is 2. The molecule has 1 N–H and O–H groups in total. The van der Waals surface area contributed by atoms with Crippen molar-refractivity contribution in [3.63, 3.8) is 0 Å². The van der Waals surface area contributed by atoms with E-state index in [1.165, 1.54) is 4.90 Å². The Morgan fingerprint density at radius 3 is 2.80 bits per heavy atom. The van der Waals surface area contributed by atoms with E-state index in [0.717, 1.165) is 17.7 Å². The van der Waals surface area contributed by atoms with Gasteiger partial charge >= 0.3 is 6.03 Å². The van der Waals surface area contributed by atoms with E-state index in [-0.39, 0.29) is 11.9 Å². The first-order valence-corrected chi connectivity index (χ1v) is 8.26. The van der Waals surface area contributed by atoms with Crippen LogP contribution in [0.2, 0.25) is 0 Å². The number of nitrogens with one attached hydrogen (secondary N) is 1. The fraction of sp³-hybridized carbons (Fsp3) is 0.444. The molecule has 0 spiro atoms. The van der Waals surface area contributed by atoms with Crippen LogP contribution in [0.4, 0.5) is 4.79 Å². The molecule has 3 amide bonds. The molecule has 1 aromatic carbocycles. The number of carbonyl (C=O) groups excluding carboxylic acids is 2. The Morgan fingerprint density at radius 2 is 2.08 bits per heavy atom. The highest BCUT2D eigenvalue weighted by Gasteiger charge is 2.42. The number of benzene rings is 1. The second-order valence-electron chi connectivity index (χ2n) is 6.15. The summed E-state index contributed by atoms with van der Waals surface area (Å²) in [6.07, 6.45) is 0.762. The quantitative estimate of drug-likeness (QED) is 0.794. The summed E-state index contributed by atoms with van der Waals surface area (Å²) in [5.41, 5.74) is 2.23. The molecular formula is C18H23N3O4. The highest BCUT2D eigenvalue weighted by Crippen LogP contribution is 2.36. The summed E-state index contributed by atoms with van der Waals surface area (Å²) in [6.45, 7) is 1.65. The van der Waals surface area contributed by atoms with Crippen molar-refractivity contribution in [2.45, 2.75) is 12.5 Å². The summed E-state index contributed by atoms with van der Waals surface area (Å²) in [7, 11) is 4.93. The van der Waals surface area contributed by atoms with Crippen LogP contribution in [0.15, 0.2) is 35.5 Å². The molecule has 0 fully saturated rings. The van der Waals surface area contributed by atoms with Gasteiger partial charge < -0.3 is 19.7 Å². The van der Waals surface area contributed by atoms with Crippen molar-refractivity contribution < 1.29 is 19.1 Å². The summed E-state index contributed by atoms with van der Waals surface area (Å²) in [4.78, 5) is 28.6. The maximum Gasteiger partial charge on any atom is 0.322 e. The summed E-state index contributed by atoms with van der Waals surface area (Å²) >= 11 is 0. The van der Waals surface area contributed by atoms with Crippen LogP contribution in [0.3, 0.4) is 0 Å². The maximum absolute atomic E-state index is 12.9. The molecule has 1 aromatic rings. The molecule has 0 radical (unpaired) electrons. The van der Waals surface area contributed by atoms with E-state index in [0.29, 0.717) is 31.0 Å². The van der Waals surface area contributed by atoms with Crippen LogP contribution in [-0.4, -0.2) is 62.7 Å². The SMILES string of the molecule is COCCCN1CC2=C(C1=O)[C@H](c1cccc(OC)c1)NC(=O)N2C. The third-order valence-electron chi connectivity index (χ3n) is 4.64. The Bertz CT molecular complexity index is 716. The average molecular weight is 345 g/mol. The van der Waals surface area contributed by atoms with Crippen molar-refractivity contribution in [3.8, 4) is 5.75 Å². The van der Waals surface area contributed by atoms with E-state index in [2.05, 4.69) is 5.32 Å². The molecule has 0 aliphatic carbocycles. The van der Waals surface area contributed by atoms with E-state index in [1.54, 1.807) is 26.2 Å². The fourth-order valence-electron chi connectivity index (χ4n) is 3.27. The number of likely N-dealkylation sites (N-methyl/N-ethyl adjacent to an activating group) is 1. The Hall–Kier alpha value is -2.54.